The fourth-order valence-electron chi connectivity index (χ4n) is 1.88. The van der Waals surface area contributed by atoms with Crippen LogP contribution in [0.2, 0.25) is 0 Å². The smallest absolute Gasteiger partial charge is 0.167 e. The average Bonchev–Trinajstić information content (AvgIpc) is 2.84. The summed E-state index contributed by atoms with van der Waals surface area (Å²) in [6, 6.07) is 0. The van der Waals surface area contributed by atoms with Crippen molar-refractivity contribution in [2.24, 2.45) is 0 Å². The van der Waals surface area contributed by atoms with Crippen molar-refractivity contribution in [3.05, 3.63) is 12.7 Å². The minimum absolute atomic E-state index is 0.0491. The second kappa shape index (κ2) is 4.48. The molecule has 0 amide bonds. The molecule has 0 spiro atoms. The van der Waals surface area contributed by atoms with Crippen LogP contribution in [0.4, 0.5) is 5.82 Å². The molecule has 3 rings (SSSR count). The third-order valence-corrected chi connectivity index (χ3v) is 2.85. The van der Waals surface area contributed by atoms with Crippen LogP contribution in [0.15, 0.2) is 12.7 Å². The molecule has 0 aliphatic carbocycles. The highest BCUT2D eigenvalue weighted by atomic mass is 16.6. The van der Waals surface area contributed by atoms with Gasteiger partial charge in [-0.25, -0.2) is 15.0 Å². The average molecular weight is 251 g/mol. The molecule has 2 aromatic heterocycles. The van der Waals surface area contributed by atoms with Crippen LogP contribution in [0.1, 0.15) is 6.23 Å². The van der Waals surface area contributed by atoms with Gasteiger partial charge in [0.25, 0.3) is 0 Å². The summed E-state index contributed by atoms with van der Waals surface area (Å²) >= 11 is 0. The summed E-state index contributed by atoms with van der Waals surface area (Å²) in [5, 5.41) is 8.95. The van der Waals surface area contributed by atoms with E-state index < -0.39 is 0 Å². The first-order valence-electron chi connectivity index (χ1n) is 5.56. The summed E-state index contributed by atoms with van der Waals surface area (Å²) in [6.45, 7) is 0.620. The highest BCUT2D eigenvalue weighted by molar-refractivity contribution is 5.81. The van der Waals surface area contributed by atoms with Crippen LogP contribution in [0.5, 0.6) is 0 Å². The Morgan fingerprint density at radius 2 is 2.22 bits per heavy atom. The van der Waals surface area contributed by atoms with E-state index >= 15 is 0 Å². The van der Waals surface area contributed by atoms with Crippen molar-refractivity contribution in [1.82, 2.24) is 19.5 Å². The van der Waals surface area contributed by atoms with E-state index in [0.29, 0.717) is 30.2 Å². The topological polar surface area (TPSA) is 108 Å². The molecule has 2 atom stereocenters. The van der Waals surface area contributed by atoms with E-state index in [1.54, 1.807) is 10.9 Å². The van der Waals surface area contributed by atoms with Crippen molar-refractivity contribution in [2.75, 3.05) is 25.6 Å². The molecular formula is C10H13N5O3. The van der Waals surface area contributed by atoms with E-state index in [2.05, 4.69) is 15.0 Å². The van der Waals surface area contributed by atoms with Crippen molar-refractivity contribution in [2.45, 2.75) is 12.3 Å². The first kappa shape index (κ1) is 11.3. The van der Waals surface area contributed by atoms with Gasteiger partial charge in [0.1, 0.15) is 17.9 Å². The highest BCUT2D eigenvalue weighted by Gasteiger charge is 2.24. The van der Waals surface area contributed by atoms with Gasteiger partial charge in [0.05, 0.1) is 26.1 Å². The van der Waals surface area contributed by atoms with Crippen LogP contribution in [-0.4, -0.2) is 50.6 Å². The van der Waals surface area contributed by atoms with Gasteiger partial charge in [-0.3, -0.25) is 4.57 Å². The molecule has 0 saturated carbocycles. The minimum atomic E-state index is -0.313. The molecule has 2 unspecified atom stereocenters. The summed E-state index contributed by atoms with van der Waals surface area (Å²) in [7, 11) is 0. The number of nitrogen functional groups attached to an aromatic ring is 1. The van der Waals surface area contributed by atoms with Crippen LogP contribution in [0.25, 0.3) is 11.2 Å². The molecule has 8 nitrogen and oxygen atoms in total. The molecule has 0 aromatic carbocycles. The van der Waals surface area contributed by atoms with E-state index in [-0.39, 0.29) is 18.9 Å². The summed E-state index contributed by atoms with van der Waals surface area (Å²) < 4.78 is 12.8. The number of hydrogen-bond donors (Lipinski definition) is 2. The number of rotatable bonds is 2. The standard InChI is InChI=1S/C10H13N5O3/c11-9-8-10(13-4-12-9)15(5-14-8)7-3-17-6(1-16)2-18-7/h4-7,16H,1-3H2,(H2,11,12,13). The lowest BCUT2D eigenvalue weighted by Gasteiger charge is -2.29. The van der Waals surface area contributed by atoms with E-state index in [0.717, 1.165) is 0 Å². The molecule has 1 fully saturated rings. The number of nitrogens with zero attached hydrogens (tertiary/aromatic N) is 4. The van der Waals surface area contributed by atoms with Gasteiger partial charge in [-0.15, -0.1) is 0 Å². The van der Waals surface area contributed by atoms with Gasteiger partial charge in [-0.05, 0) is 0 Å². The van der Waals surface area contributed by atoms with Gasteiger partial charge in [0.15, 0.2) is 17.7 Å². The van der Waals surface area contributed by atoms with E-state index in [4.69, 9.17) is 20.3 Å². The van der Waals surface area contributed by atoms with Gasteiger partial charge in [-0.1, -0.05) is 0 Å². The van der Waals surface area contributed by atoms with Crippen LogP contribution in [0, 0.1) is 0 Å². The van der Waals surface area contributed by atoms with E-state index in [1.165, 1.54) is 6.33 Å². The predicted octanol–water partition coefficient (Wildman–Crippen LogP) is -0.685. The Kier molecular flexibility index (Phi) is 2.82. The summed E-state index contributed by atoms with van der Waals surface area (Å²) in [6.07, 6.45) is 2.40. The fraction of sp³-hybridized carbons (Fsp3) is 0.500. The number of aromatic nitrogens is 4. The lowest BCUT2D eigenvalue weighted by molar-refractivity contribution is -0.169. The summed E-state index contributed by atoms with van der Waals surface area (Å²) in [5.41, 5.74) is 6.87. The predicted molar refractivity (Wildman–Crippen MR) is 61.6 cm³/mol. The van der Waals surface area contributed by atoms with Crippen molar-refractivity contribution < 1.29 is 14.6 Å². The van der Waals surface area contributed by atoms with Gasteiger partial charge >= 0.3 is 0 Å². The van der Waals surface area contributed by atoms with E-state index in [1.807, 2.05) is 0 Å². The lowest BCUT2D eigenvalue weighted by Crippen LogP contribution is -2.35. The van der Waals surface area contributed by atoms with Gasteiger partial charge in [0.2, 0.25) is 0 Å². The zero-order valence-electron chi connectivity index (χ0n) is 9.56. The molecule has 0 bridgehead atoms. The number of anilines is 1. The summed E-state index contributed by atoms with van der Waals surface area (Å²) in [4.78, 5) is 12.2. The molecule has 96 valence electrons. The normalized spacial score (nSPS) is 24.5. The quantitative estimate of drug-likeness (QED) is 0.727. The third-order valence-electron chi connectivity index (χ3n) is 2.85. The number of imidazole rings is 1. The lowest BCUT2D eigenvalue weighted by atomic mass is 10.3. The first-order chi connectivity index (χ1) is 8.79. The number of aliphatic hydroxyl groups excluding tert-OH is 1. The van der Waals surface area contributed by atoms with Gasteiger partial charge in [-0.2, -0.15) is 0 Å². The zero-order chi connectivity index (χ0) is 12.5. The first-order valence-corrected chi connectivity index (χ1v) is 5.56. The Morgan fingerprint density at radius 3 is 2.94 bits per heavy atom. The molecule has 3 N–H and O–H groups in total. The van der Waals surface area contributed by atoms with Gasteiger partial charge in [0, 0.05) is 0 Å². The van der Waals surface area contributed by atoms with Crippen LogP contribution in [0.3, 0.4) is 0 Å². The van der Waals surface area contributed by atoms with Crippen molar-refractivity contribution in [3.63, 3.8) is 0 Å². The van der Waals surface area contributed by atoms with Crippen molar-refractivity contribution >= 4 is 17.0 Å². The third kappa shape index (κ3) is 1.80. The van der Waals surface area contributed by atoms with E-state index in [9.17, 15) is 0 Å². The number of aliphatic hydroxyl groups is 1. The maximum Gasteiger partial charge on any atom is 0.167 e. The number of hydrogen-bond acceptors (Lipinski definition) is 7. The largest absolute Gasteiger partial charge is 0.394 e. The molecule has 8 heteroatoms. The molecule has 1 aliphatic heterocycles. The summed E-state index contributed by atoms with van der Waals surface area (Å²) in [5.74, 6) is 0.337. The van der Waals surface area contributed by atoms with Gasteiger partial charge < -0.3 is 20.3 Å². The molecule has 2 aromatic rings. The second-order valence-electron chi connectivity index (χ2n) is 4.01. The zero-order valence-corrected chi connectivity index (χ0v) is 9.56. The Morgan fingerprint density at radius 1 is 1.33 bits per heavy atom. The SMILES string of the molecule is Nc1ncnc2c1ncn2C1COC(CO)CO1. The number of ether oxygens (including phenoxy) is 2. The Bertz CT molecular complexity index is 549. The molecule has 1 aliphatic rings. The van der Waals surface area contributed by atoms with Crippen LogP contribution >= 0.6 is 0 Å². The molecule has 18 heavy (non-hydrogen) atoms. The Balaban J connectivity index is 1.89. The Labute approximate surface area is 102 Å². The second-order valence-corrected chi connectivity index (χ2v) is 4.01. The van der Waals surface area contributed by atoms with Crippen LogP contribution < -0.4 is 5.73 Å². The molecular weight excluding hydrogens is 238 g/mol. The number of nitrogens with two attached hydrogens (primary N) is 1. The Hall–Kier alpha value is -1.77. The monoisotopic (exact) mass is 251 g/mol. The molecule has 0 radical (unpaired) electrons. The molecule has 3 heterocycles. The molecule has 1 saturated heterocycles. The number of fused-ring (bicyclic) bond motifs is 1. The van der Waals surface area contributed by atoms with Crippen LogP contribution in [-0.2, 0) is 9.47 Å². The van der Waals surface area contributed by atoms with Crippen molar-refractivity contribution in [1.29, 1.82) is 0 Å². The maximum absolute atomic E-state index is 8.95. The minimum Gasteiger partial charge on any atom is -0.394 e. The fourth-order valence-corrected chi connectivity index (χ4v) is 1.88. The van der Waals surface area contributed by atoms with Crippen molar-refractivity contribution in [3.8, 4) is 0 Å². The maximum atomic E-state index is 8.95. The highest BCUT2D eigenvalue weighted by Crippen LogP contribution is 2.22.